The predicted octanol–water partition coefficient (Wildman–Crippen LogP) is 3.24. The first-order valence-corrected chi connectivity index (χ1v) is 9.16. The van der Waals surface area contributed by atoms with E-state index in [0.717, 1.165) is 31.2 Å². The van der Waals surface area contributed by atoms with E-state index in [2.05, 4.69) is 0 Å². The van der Waals surface area contributed by atoms with Gasteiger partial charge in [0, 0.05) is 24.7 Å². The van der Waals surface area contributed by atoms with Crippen LogP contribution < -0.4 is 0 Å². The number of aliphatic carboxylic acids is 1. The van der Waals surface area contributed by atoms with Gasteiger partial charge in [-0.25, -0.2) is 0 Å². The van der Waals surface area contributed by atoms with Crippen molar-refractivity contribution in [2.75, 3.05) is 13.7 Å². The van der Waals surface area contributed by atoms with Gasteiger partial charge in [0.15, 0.2) is 0 Å². The molecule has 25 heavy (non-hydrogen) atoms. The van der Waals surface area contributed by atoms with Gasteiger partial charge >= 0.3 is 5.97 Å². The van der Waals surface area contributed by atoms with Gasteiger partial charge < -0.3 is 14.7 Å². The number of carbonyl (C=O) groups is 2. The van der Waals surface area contributed by atoms with Crippen LogP contribution in [0.2, 0.25) is 5.02 Å². The van der Waals surface area contributed by atoms with Crippen molar-refractivity contribution < 1.29 is 19.4 Å². The number of carbonyl (C=O) groups excluding carboxylic acids is 1. The Bertz CT molecular complexity index is 639. The van der Waals surface area contributed by atoms with Crippen molar-refractivity contribution in [1.29, 1.82) is 0 Å². The number of likely N-dealkylation sites (tertiary alicyclic amines) is 1. The number of benzene rings is 1. The third-order valence-electron chi connectivity index (χ3n) is 5.64. The monoisotopic (exact) mass is 365 g/mol. The molecule has 6 heteroatoms. The molecule has 1 amide bonds. The molecule has 1 aliphatic carbocycles. The number of hydrogen-bond acceptors (Lipinski definition) is 3. The van der Waals surface area contributed by atoms with Crippen LogP contribution >= 0.6 is 11.6 Å². The highest BCUT2D eigenvalue weighted by Gasteiger charge is 2.48. The molecule has 2 unspecified atom stereocenters. The number of methoxy groups -OCH3 is 1. The first-order valence-electron chi connectivity index (χ1n) is 8.78. The van der Waals surface area contributed by atoms with Crippen LogP contribution in [0.3, 0.4) is 0 Å². The van der Waals surface area contributed by atoms with Gasteiger partial charge in [-0.1, -0.05) is 36.6 Å². The minimum absolute atomic E-state index is 0.0394. The maximum atomic E-state index is 13.6. The Morgan fingerprint density at radius 3 is 2.48 bits per heavy atom. The van der Waals surface area contributed by atoms with Gasteiger partial charge in [0.05, 0.1) is 17.9 Å². The Balaban J connectivity index is 1.91. The Kier molecular flexibility index (Phi) is 5.35. The largest absolute Gasteiger partial charge is 0.481 e. The fourth-order valence-corrected chi connectivity index (χ4v) is 4.46. The van der Waals surface area contributed by atoms with Crippen molar-refractivity contribution in [2.24, 2.45) is 0 Å². The zero-order valence-electron chi connectivity index (χ0n) is 14.4. The molecule has 0 radical (unpaired) electrons. The molecule has 1 aliphatic heterocycles. The van der Waals surface area contributed by atoms with Crippen molar-refractivity contribution in [3.05, 3.63) is 34.9 Å². The lowest BCUT2D eigenvalue weighted by molar-refractivity contribution is -0.142. The lowest BCUT2D eigenvalue weighted by Crippen LogP contribution is -2.48. The predicted molar refractivity (Wildman–Crippen MR) is 94.8 cm³/mol. The molecule has 1 aromatic rings. The number of halogens is 1. The number of ether oxygens (including phenoxy) is 1. The third kappa shape index (κ3) is 3.53. The molecule has 2 fully saturated rings. The van der Waals surface area contributed by atoms with Gasteiger partial charge in [-0.15, -0.1) is 0 Å². The molecular formula is C19H24ClNO4. The van der Waals surface area contributed by atoms with Crippen LogP contribution in [0.5, 0.6) is 0 Å². The minimum Gasteiger partial charge on any atom is -0.481 e. The summed E-state index contributed by atoms with van der Waals surface area (Å²) in [5.74, 6) is -0.843. The lowest BCUT2D eigenvalue weighted by atomic mass is 9.77. The minimum atomic E-state index is -0.883. The van der Waals surface area contributed by atoms with Gasteiger partial charge in [0.2, 0.25) is 5.91 Å². The molecular weight excluding hydrogens is 342 g/mol. The Labute approximate surface area is 152 Å². The van der Waals surface area contributed by atoms with Crippen LogP contribution in [0.15, 0.2) is 24.3 Å². The zero-order valence-corrected chi connectivity index (χ0v) is 15.2. The molecule has 5 nitrogen and oxygen atoms in total. The quantitative estimate of drug-likeness (QED) is 0.869. The smallest absolute Gasteiger partial charge is 0.305 e. The first-order chi connectivity index (χ1) is 12.0. The molecule has 1 aromatic carbocycles. The average Bonchev–Trinajstić information content (AvgIpc) is 3.22. The topological polar surface area (TPSA) is 66.8 Å². The van der Waals surface area contributed by atoms with Crippen molar-refractivity contribution in [1.82, 2.24) is 4.90 Å². The summed E-state index contributed by atoms with van der Waals surface area (Å²) >= 11 is 6.01. The molecule has 1 N–H and O–H groups in total. The van der Waals surface area contributed by atoms with Crippen LogP contribution in [-0.2, 0) is 19.7 Å². The summed E-state index contributed by atoms with van der Waals surface area (Å²) in [6.45, 7) is 0.461. The molecule has 0 bridgehead atoms. The molecule has 2 aliphatic rings. The second-order valence-electron chi connectivity index (χ2n) is 7.10. The maximum Gasteiger partial charge on any atom is 0.305 e. The van der Waals surface area contributed by atoms with Crippen molar-refractivity contribution >= 4 is 23.5 Å². The maximum absolute atomic E-state index is 13.6. The molecule has 1 heterocycles. The van der Waals surface area contributed by atoms with E-state index in [1.165, 1.54) is 0 Å². The highest BCUT2D eigenvalue weighted by molar-refractivity contribution is 6.30. The van der Waals surface area contributed by atoms with E-state index in [4.69, 9.17) is 16.3 Å². The zero-order chi connectivity index (χ0) is 18.0. The van der Waals surface area contributed by atoms with E-state index in [-0.39, 0.29) is 24.5 Å². The molecule has 2 atom stereocenters. The summed E-state index contributed by atoms with van der Waals surface area (Å²) < 4.78 is 5.42. The van der Waals surface area contributed by atoms with E-state index < -0.39 is 11.4 Å². The fourth-order valence-electron chi connectivity index (χ4n) is 4.34. The Morgan fingerprint density at radius 1 is 1.28 bits per heavy atom. The fraction of sp³-hybridized carbons (Fsp3) is 0.579. The molecule has 1 saturated carbocycles. The van der Waals surface area contributed by atoms with E-state index in [0.29, 0.717) is 18.0 Å². The first kappa shape index (κ1) is 18.2. The van der Waals surface area contributed by atoms with Crippen LogP contribution in [0.1, 0.15) is 44.1 Å². The average molecular weight is 366 g/mol. The van der Waals surface area contributed by atoms with Crippen LogP contribution in [0, 0.1) is 0 Å². The van der Waals surface area contributed by atoms with Crippen molar-refractivity contribution in [2.45, 2.75) is 56.1 Å². The second-order valence-corrected chi connectivity index (χ2v) is 7.54. The third-order valence-corrected chi connectivity index (χ3v) is 5.90. The molecule has 3 rings (SSSR count). The van der Waals surface area contributed by atoms with E-state index >= 15 is 0 Å². The SMILES string of the molecule is COC1CC(CC(=O)O)N(C(=O)C2(c3ccc(Cl)cc3)CCCC2)C1. The number of rotatable bonds is 5. The van der Waals surface area contributed by atoms with Crippen LogP contribution in [0.25, 0.3) is 0 Å². The number of nitrogens with zero attached hydrogens (tertiary/aromatic N) is 1. The normalized spacial score (nSPS) is 25.3. The summed E-state index contributed by atoms with van der Waals surface area (Å²) in [5, 5.41) is 9.86. The lowest BCUT2D eigenvalue weighted by Gasteiger charge is -2.35. The summed E-state index contributed by atoms with van der Waals surface area (Å²) in [7, 11) is 1.61. The van der Waals surface area contributed by atoms with Gasteiger partial charge in [-0.05, 0) is 37.0 Å². The summed E-state index contributed by atoms with van der Waals surface area (Å²) in [6, 6.07) is 7.20. The molecule has 1 saturated heterocycles. The van der Waals surface area contributed by atoms with E-state index in [1.54, 1.807) is 12.0 Å². The van der Waals surface area contributed by atoms with Crippen molar-refractivity contribution in [3.63, 3.8) is 0 Å². The molecule has 136 valence electrons. The standard InChI is InChI=1S/C19H24ClNO4/c1-25-16-10-15(11-17(22)23)21(12-16)18(24)19(8-2-3-9-19)13-4-6-14(20)7-5-13/h4-7,15-16H,2-3,8-12H2,1H3,(H,22,23). The van der Waals surface area contributed by atoms with Crippen LogP contribution in [0.4, 0.5) is 0 Å². The van der Waals surface area contributed by atoms with Gasteiger partial charge in [0.25, 0.3) is 0 Å². The highest BCUT2D eigenvalue weighted by atomic mass is 35.5. The van der Waals surface area contributed by atoms with E-state index in [1.807, 2.05) is 24.3 Å². The van der Waals surface area contributed by atoms with Gasteiger partial charge in [-0.2, -0.15) is 0 Å². The molecule has 0 spiro atoms. The van der Waals surface area contributed by atoms with Crippen LogP contribution in [-0.4, -0.2) is 47.7 Å². The summed E-state index contributed by atoms with van der Waals surface area (Å²) in [6.07, 6.45) is 4.02. The Morgan fingerprint density at radius 2 is 1.92 bits per heavy atom. The van der Waals surface area contributed by atoms with Gasteiger partial charge in [0.1, 0.15) is 0 Å². The second kappa shape index (κ2) is 7.34. The summed E-state index contributed by atoms with van der Waals surface area (Å²) in [5.41, 5.74) is 0.415. The number of amides is 1. The van der Waals surface area contributed by atoms with E-state index in [9.17, 15) is 14.7 Å². The Hall–Kier alpha value is -1.59. The number of hydrogen-bond donors (Lipinski definition) is 1. The van der Waals surface area contributed by atoms with Crippen molar-refractivity contribution in [3.8, 4) is 0 Å². The van der Waals surface area contributed by atoms with Gasteiger partial charge in [-0.3, -0.25) is 9.59 Å². The highest BCUT2D eigenvalue weighted by Crippen LogP contribution is 2.44. The number of carboxylic acids is 1. The molecule has 0 aromatic heterocycles. The summed E-state index contributed by atoms with van der Waals surface area (Å²) in [4.78, 5) is 26.5. The number of carboxylic acid groups (broad SMARTS) is 1.